The molecule has 1 rings (SSSR count). The highest BCUT2D eigenvalue weighted by Crippen LogP contribution is 2.24. The average molecular weight is 482 g/mol. The smallest absolute Gasteiger partial charge is 0.330 e. The van der Waals surface area contributed by atoms with Crippen LogP contribution in [0.4, 0.5) is 0 Å². The minimum atomic E-state index is -1.24. The van der Waals surface area contributed by atoms with Gasteiger partial charge in [-0.05, 0) is 51.9 Å². The van der Waals surface area contributed by atoms with Gasteiger partial charge in [0.05, 0.1) is 25.4 Å². The largest absolute Gasteiger partial charge is 0.550 e. The number of carboxylic acid groups (broad SMARTS) is 1. The summed E-state index contributed by atoms with van der Waals surface area (Å²) in [6, 6.07) is 0. The van der Waals surface area contributed by atoms with Crippen LogP contribution in [0.25, 0.3) is 0 Å². The van der Waals surface area contributed by atoms with E-state index in [0.29, 0.717) is 25.0 Å². The summed E-state index contributed by atoms with van der Waals surface area (Å²) in [5.41, 5.74) is 0.666. The number of unbranched alkanes of at least 4 members (excludes halogenated alkanes) is 5. The number of rotatable bonds is 16. The summed E-state index contributed by atoms with van der Waals surface area (Å²) in [5.74, 6) is -2.17. The molecule has 0 unspecified atom stereocenters. The molecule has 0 radical (unpaired) electrons. The van der Waals surface area contributed by atoms with E-state index in [1.807, 2.05) is 19.1 Å². The van der Waals surface area contributed by atoms with Gasteiger partial charge in [-0.15, -0.1) is 0 Å². The number of allylic oxidation sites excluding steroid dienone is 1. The maximum Gasteiger partial charge on any atom is 0.330 e. The fourth-order valence-corrected chi connectivity index (χ4v) is 3.68. The second kappa shape index (κ2) is 16.6. The van der Waals surface area contributed by atoms with Crippen LogP contribution in [0.1, 0.15) is 78.6 Å². The third-order valence-corrected chi connectivity index (χ3v) is 6.09. The lowest BCUT2D eigenvalue weighted by atomic mass is 9.89. The molecular weight excluding hydrogens is 440 g/mol. The molecule has 8 nitrogen and oxygen atoms in total. The van der Waals surface area contributed by atoms with Gasteiger partial charge in [0, 0.05) is 18.0 Å². The van der Waals surface area contributed by atoms with Crippen LogP contribution in [0.5, 0.6) is 0 Å². The first-order chi connectivity index (χ1) is 16.1. The van der Waals surface area contributed by atoms with Gasteiger partial charge in [-0.2, -0.15) is 0 Å². The van der Waals surface area contributed by atoms with E-state index in [0.717, 1.165) is 32.1 Å². The van der Waals surface area contributed by atoms with Crippen LogP contribution in [-0.4, -0.2) is 59.5 Å². The van der Waals surface area contributed by atoms with Gasteiger partial charge in [-0.25, -0.2) is 4.79 Å². The number of hydrogen-bond donors (Lipinski definition) is 2. The molecule has 0 bridgehead atoms. The van der Waals surface area contributed by atoms with E-state index in [2.05, 4.69) is 0 Å². The van der Waals surface area contributed by atoms with Crippen LogP contribution in [0, 0.1) is 11.8 Å². The highest BCUT2D eigenvalue weighted by Gasteiger charge is 2.37. The number of Topliss-reactive ketones (excluding diaryl/α,β-unsaturated/α-hetero) is 1. The Balaban J connectivity index is 2.28. The van der Waals surface area contributed by atoms with Gasteiger partial charge < -0.3 is 29.6 Å². The molecule has 1 heterocycles. The molecule has 0 aromatic heterocycles. The van der Waals surface area contributed by atoms with Gasteiger partial charge in [-0.3, -0.25) is 4.79 Å². The van der Waals surface area contributed by atoms with Gasteiger partial charge in [0.1, 0.15) is 6.10 Å². The van der Waals surface area contributed by atoms with Gasteiger partial charge >= 0.3 is 5.97 Å². The average Bonchev–Trinajstić information content (AvgIpc) is 2.76. The Morgan fingerprint density at radius 2 is 1.82 bits per heavy atom. The highest BCUT2D eigenvalue weighted by atomic mass is 16.5. The van der Waals surface area contributed by atoms with Crippen molar-refractivity contribution >= 4 is 17.7 Å². The second-order valence-corrected chi connectivity index (χ2v) is 9.29. The molecule has 194 valence electrons. The van der Waals surface area contributed by atoms with E-state index >= 15 is 0 Å². The van der Waals surface area contributed by atoms with Crippen molar-refractivity contribution < 1.29 is 39.2 Å². The Kier molecular flexibility index (Phi) is 14.6. The fourth-order valence-electron chi connectivity index (χ4n) is 3.68. The van der Waals surface area contributed by atoms with Crippen LogP contribution >= 0.6 is 0 Å². The SMILES string of the molecule is C/C(=C\C(=O)OCCCCCCCCC(=O)[O-])C[C@@H]1OC[C@H](C/C=C/[C@@H](C)[C@H](C)O)C(=O)[C@H]1O. The lowest BCUT2D eigenvalue weighted by molar-refractivity contribution is -0.305. The molecule has 0 aromatic carbocycles. The minimum absolute atomic E-state index is 0.0155. The lowest BCUT2D eigenvalue weighted by Gasteiger charge is -2.32. The first-order valence-corrected chi connectivity index (χ1v) is 12.3. The molecule has 1 fully saturated rings. The van der Waals surface area contributed by atoms with Crippen LogP contribution in [0.15, 0.2) is 23.8 Å². The first kappa shape index (κ1) is 30.0. The highest BCUT2D eigenvalue weighted by molar-refractivity contribution is 5.87. The summed E-state index contributed by atoms with van der Waals surface area (Å²) in [6.07, 6.45) is 8.50. The summed E-state index contributed by atoms with van der Waals surface area (Å²) >= 11 is 0. The van der Waals surface area contributed by atoms with E-state index in [1.54, 1.807) is 13.8 Å². The van der Waals surface area contributed by atoms with Crippen LogP contribution in [0.3, 0.4) is 0 Å². The van der Waals surface area contributed by atoms with Crippen molar-refractivity contribution in [1.29, 1.82) is 0 Å². The normalized spacial score (nSPS) is 23.1. The number of aliphatic hydroxyl groups excluding tert-OH is 2. The van der Waals surface area contributed by atoms with E-state index in [1.165, 1.54) is 6.08 Å². The number of ether oxygens (including phenoxy) is 2. The molecule has 0 spiro atoms. The van der Waals surface area contributed by atoms with Crippen LogP contribution in [0.2, 0.25) is 0 Å². The van der Waals surface area contributed by atoms with Crippen molar-refractivity contribution in [3.05, 3.63) is 23.8 Å². The molecule has 0 amide bonds. The summed E-state index contributed by atoms with van der Waals surface area (Å²) < 4.78 is 10.9. The third-order valence-electron chi connectivity index (χ3n) is 6.09. The summed E-state index contributed by atoms with van der Waals surface area (Å²) in [4.78, 5) is 34.8. The molecule has 1 aliphatic rings. The quantitative estimate of drug-likeness (QED) is 0.148. The van der Waals surface area contributed by atoms with Crippen molar-refractivity contribution in [2.75, 3.05) is 13.2 Å². The van der Waals surface area contributed by atoms with Crippen molar-refractivity contribution in [2.24, 2.45) is 11.8 Å². The Labute approximate surface area is 203 Å². The Hall–Kier alpha value is -2.03. The summed E-state index contributed by atoms with van der Waals surface area (Å²) in [7, 11) is 0. The van der Waals surface area contributed by atoms with E-state index in [-0.39, 0.29) is 31.1 Å². The van der Waals surface area contributed by atoms with Crippen molar-refractivity contribution in [3.63, 3.8) is 0 Å². The standard InChI is InChI=1S/C26H42O8/c1-18(16-24(30)33-14-9-7-5-4-6-8-13-23(28)29)15-22-26(32)25(31)21(17-34-22)12-10-11-19(2)20(3)27/h10-11,16,19-22,26-27,32H,4-9,12-15,17H2,1-3H3,(H,28,29)/p-1/b11-10+,18-16+/t19-,20+,21+,22+,26+/m1/s1. The number of carbonyl (C=O) groups is 3. The molecule has 8 heteroatoms. The molecule has 2 N–H and O–H groups in total. The minimum Gasteiger partial charge on any atom is -0.550 e. The monoisotopic (exact) mass is 481 g/mol. The molecular formula is C26H41O8-. The molecule has 0 saturated carbocycles. The second-order valence-electron chi connectivity index (χ2n) is 9.29. The Morgan fingerprint density at radius 3 is 2.47 bits per heavy atom. The van der Waals surface area contributed by atoms with Crippen molar-refractivity contribution in [3.8, 4) is 0 Å². The zero-order valence-electron chi connectivity index (χ0n) is 20.7. The maximum atomic E-state index is 12.5. The molecule has 0 aliphatic carbocycles. The molecule has 5 atom stereocenters. The van der Waals surface area contributed by atoms with E-state index in [4.69, 9.17) is 9.47 Å². The number of aliphatic carboxylic acids is 1. The van der Waals surface area contributed by atoms with Crippen LogP contribution in [-0.2, 0) is 23.9 Å². The number of carboxylic acids is 1. The topological polar surface area (TPSA) is 133 Å². The third kappa shape index (κ3) is 12.4. The molecule has 0 aromatic rings. The zero-order chi connectivity index (χ0) is 25.5. The maximum absolute atomic E-state index is 12.5. The Morgan fingerprint density at radius 1 is 1.18 bits per heavy atom. The van der Waals surface area contributed by atoms with E-state index in [9.17, 15) is 29.7 Å². The molecule has 1 aliphatic heterocycles. The van der Waals surface area contributed by atoms with Crippen LogP contribution < -0.4 is 5.11 Å². The van der Waals surface area contributed by atoms with E-state index < -0.39 is 36.2 Å². The zero-order valence-corrected chi connectivity index (χ0v) is 20.7. The Bertz CT molecular complexity index is 697. The van der Waals surface area contributed by atoms with Gasteiger partial charge in [0.15, 0.2) is 5.78 Å². The fraction of sp³-hybridized carbons (Fsp3) is 0.731. The summed E-state index contributed by atoms with van der Waals surface area (Å²) in [6.45, 7) is 5.85. The van der Waals surface area contributed by atoms with Crippen molar-refractivity contribution in [2.45, 2.75) is 96.9 Å². The van der Waals surface area contributed by atoms with Gasteiger partial charge in [0.2, 0.25) is 0 Å². The molecule has 34 heavy (non-hydrogen) atoms. The predicted octanol–water partition coefficient (Wildman–Crippen LogP) is 2.25. The number of ketones is 1. The number of hydrogen-bond acceptors (Lipinski definition) is 8. The number of esters is 1. The predicted molar refractivity (Wildman–Crippen MR) is 126 cm³/mol. The lowest BCUT2D eigenvalue weighted by Crippen LogP contribution is -2.46. The number of aliphatic hydroxyl groups is 2. The molecule has 1 saturated heterocycles. The van der Waals surface area contributed by atoms with Gasteiger partial charge in [0.25, 0.3) is 0 Å². The first-order valence-electron chi connectivity index (χ1n) is 12.3. The summed E-state index contributed by atoms with van der Waals surface area (Å²) in [5, 5.41) is 30.2. The van der Waals surface area contributed by atoms with Crippen molar-refractivity contribution in [1.82, 2.24) is 0 Å². The number of carbonyl (C=O) groups excluding carboxylic acids is 3. The van der Waals surface area contributed by atoms with Gasteiger partial charge in [-0.1, -0.05) is 50.3 Å².